The molecule has 0 aliphatic carbocycles. The quantitative estimate of drug-likeness (QED) is 0.770. The van der Waals surface area contributed by atoms with Crippen molar-refractivity contribution >= 4 is 16.8 Å². The van der Waals surface area contributed by atoms with Crippen molar-refractivity contribution in [2.75, 3.05) is 26.8 Å². The molecule has 2 rings (SSSR count). The third kappa shape index (κ3) is 4.19. The Bertz CT molecular complexity index is 574. The lowest BCUT2D eigenvalue weighted by atomic mass is 10.0. The molecule has 2 heteroatoms. The third-order valence-electron chi connectivity index (χ3n) is 3.43. The molecule has 0 unspecified atom stereocenters. The van der Waals surface area contributed by atoms with Crippen LogP contribution in [0.2, 0.25) is 0 Å². The number of ether oxygens (including phenoxy) is 1. The van der Waals surface area contributed by atoms with E-state index in [-0.39, 0.29) is 0 Å². The Kier molecular flexibility index (Phi) is 5.78. The average Bonchev–Trinajstić information content (AvgIpc) is 2.50. The summed E-state index contributed by atoms with van der Waals surface area (Å²) in [5.41, 5.74) is 2.69. The fourth-order valence-electron chi connectivity index (χ4n) is 2.23. The molecular weight excluding hydrogens is 246 g/mol. The van der Waals surface area contributed by atoms with E-state index in [1.165, 1.54) is 21.9 Å². The summed E-state index contributed by atoms with van der Waals surface area (Å²) in [5.74, 6) is 0. The number of benzene rings is 2. The molecule has 1 N–H and O–H groups in total. The highest BCUT2D eigenvalue weighted by atomic mass is 16.5. The summed E-state index contributed by atoms with van der Waals surface area (Å²) < 4.78 is 5.04. The summed E-state index contributed by atoms with van der Waals surface area (Å²) in [6, 6.07) is 15.1. The molecule has 0 saturated carbocycles. The number of hydrogen-bond acceptors (Lipinski definition) is 2. The van der Waals surface area contributed by atoms with Crippen LogP contribution in [-0.2, 0) is 4.74 Å². The maximum absolute atomic E-state index is 5.04. The van der Waals surface area contributed by atoms with Crippen LogP contribution in [0.4, 0.5) is 0 Å². The third-order valence-corrected chi connectivity index (χ3v) is 3.43. The molecule has 0 bridgehead atoms. The normalized spacial score (nSPS) is 12.0. The molecule has 0 heterocycles. The Hall–Kier alpha value is -1.64. The van der Waals surface area contributed by atoms with E-state index >= 15 is 0 Å². The van der Waals surface area contributed by atoms with Gasteiger partial charge in [0.15, 0.2) is 0 Å². The number of nitrogens with one attached hydrogen (secondary N) is 1. The van der Waals surface area contributed by atoms with E-state index in [9.17, 15) is 0 Å². The molecule has 0 aliphatic rings. The summed E-state index contributed by atoms with van der Waals surface area (Å²) in [6.45, 7) is 4.77. The van der Waals surface area contributed by atoms with E-state index in [2.05, 4.69) is 60.8 Å². The van der Waals surface area contributed by atoms with Gasteiger partial charge in [0.1, 0.15) is 0 Å². The maximum Gasteiger partial charge on any atom is 0.0587 e. The van der Waals surface area contributed by atoms with Crippen molar-refractivity contribution in [1.82, 2.24) is 5.32 Å². The van der Waals surface area contributed by atoms with Gasteiger partial charge < -0.3 is 10.1 Å². The highest BCUT2D eigenvalue weighted by Gasteiger charge is 1.97. The first kappa shape index (κ1) is 14.8. The van der Waals surface area contributed by atoms with Gasteiger partial charge in [-0.05, 0) is 28.8 Å². The minimum Gasteiger partial charge on any atom is -0.383 e. The second-order valence-electron chi connectivity index (χ2n) is 4.93. The number of rotatable bonds is 7. The first-order valence-electron chi connectivity index (χ1n) is 7.21. The Morgan fingerprint density at radius 3 is 2.70 bits per heavy atom. The van der Waals surface area contributed by atoms with Gasteiger partial charge in [0.2, 0.25) is 0 Å². The number of hydrogen-bond donors (Lipinski definition) is 1. The SMILES string of the molecule is CCC(=Cc1ccc2ccccc2c1)CNCCOC. The summed E-state index contributed by atoms with van der Waals surface area (Å²) in [6.07, 6.45) is 3.35. The first-order chi connectivity index (χ1) is 9.83. The highest BCUT2D eigenvalue weighted by molar-refractivity contribution is 5.84. The molecule has 2 aromatic carbocycles. The molecule has 0 radical (unpaired) electrons. The van der Waals surface area contributed by atoms with E-state index in [1.807, 2.05) is 0 Å². The van der Waals surface area contributed by atoms with Gasteiger partial charge in [-0.2, -0.15) is 0 Å². The van der Waals surface area contributed by atoms with Crippen molar-refractivity contribution in [3.05, 3.63) is 53.6 Å². The van der Waals surface area contributed by atoms with Gasteiger partial charge >= 0.3 is 0 Å². The molecule has 0 saturated heterocycles. The smallest absolute Gasteiger partial charge is 0.0587 e. The van der Waals surface area contributed by atoms with Crippen LogP contribution in [0, 0.1) is 0 Å². The predicted molar refractivity (Wildman–Crippen MR) is 87.0 cm³/mol. The molecule has 0 amide bonds. The Balaban J connectivity index is 2.08. The Morgan fingerprint density at radius 2 is 1.95 bits per heavy atom. The first-order valence-corrected chi connectivity index (χ1v) is 7.21. The number of fused-ring (bicyclic) bond motifs is 1. The second-order valence-corrected chi connectivity index (χ2v) is 4.93. The molecule has 2 nitrogen and oxygen atoms in total. The van der Waals surface area contributed by atoms with Crippen molar-refractivity contribution in [1.29, 1.82) is 0 Å². The summed E-state index contributed by atoms with van der Waals surface area (Å²) in [4.78, 5) is 0. The van der Waals surface area contributed by atoms with E-state index < -0.39 is 0 Å². The summed E-state index contributed by atoms with van der Waals surface area (Å²) >= 11 is 0. The zero-order valence-electron chi connectivity index (χ0n) is 12.4. The largest absolute Gasteiger partial charge is 0.383 e. The standard InChI is InChI=1S/C18H23NO/c1-3-15(14-19-10-11-20-2)12-16-8-9-17-6-4-5-7-18(17)13-16/h4-9,12-13,19H,3,10-11,14H2,1-2H3. The van der Waals surface area contributed by atoms with Gasteiger partial charge in [0.25, 0.3) is 0 Å². The molecule has 0 atom stereocenters. The topological polar surface area (TPSA) is 21.3 Å². The molecule has 0 aromatic heterocycles. The Morgan fingerprint density at radius 1 is 1.15 bits per heavy atom. The van der Waals surface area contributed by atoms with Crippen LogP contribution in [0.15, 0.2) is 48.0 Å². The van der Waals surface area contributed by atoms with E-state index in [4.69, 9.17) is 4.74 Å². The van der Waals surface area contributed by atoms with Gasteiger partial charge in [-0.15, -0.1) is 0 Å². The molecule has 0 aliphatic heterocycles. The van der Waals surface area contributed by atoms with Crippen LogP contribution in [0.3, 0.4) is 0 Å². The molecule has 2 aromatic rings. The van der Waals surface area contributed by atoms with E-state index in [0.717, 1.165) is 26.1 Å². The number of methoxy groups -OCH3 is 1. The zero-order chi connectivity index (χ0) is 14.2. The minimum atomic E-state index is 0.757. The molecular formula is C18H23NO. The minimum absolute atomic E-state index is 0.757. The maximum atomic E-state index is 5.04. The van der Waals surface area contributed by atoms with Crippen molar-refractivity contribution in [2.45, 2.75) is 13.3 Å². The van der Waals surface area contributed by atoms with Gasteiger partial charge in [-0.1, -0.05) is 55.0 Å². The molecule has 20 heavy (non-hydrogen) atoms. The van der Waals surface area contributed by atoms with Crippen molar-refractivity contribution in [3.63, 3.8) is 0 Å². The zero-order valence-corrected chi connectivity index (χ0v) is 12.4. The van der Waals surface area contributed by atoms with Crippen LogP contribution < -0.4 is 5.32 Å². The van der Waals surface area contributed by atoms with Crippen LogP contribution in [0.1, 0.15) is 18.9 Å². The lowest BCUT2D eigenvalue weighted by molar-refractivity contribution is 0.200. The fourth-order valence-corrected chi connectivity index (χ4v) is 2.23. The molecule has 0 fully saturated rings. The monoisotopic (exact) mass is 269 g/mol. The molecule has 0 spiro atoms. The average molecular weight is 269 g/mol. The van der Waals surface area contributed by atoms with Crippen LogP contribution in [0.25, 0.3) is 16.8 Å². The highest BCUT2D eigenvalue weighted by Crippen LogP contribution is 2.18. The van der Waals surface area contributed by atoms with E-state index in [0.29, 0.717) is 0 Å². The van der Waals surface area contributed by atoms with Gasteiger partial charge in [0, 0.05) is 20.2 Å². The lowest BCUT2D eigenvalue weighted by Crippen LogP contribution is -2.21. The van der Waals surface area contributed by atoms with Crippen molar-refractivity contribution < 1.29 is 4.74 Å². The fraction of sp³-hybridized carbons (Fsp3) is 0.333. The van der Waals surface area contributed by atoms with Gasteiger partial charge in [0.05, 0.1) is 6.61 Å². The second kappa shape index (κ2) is 7.83. The summed E-state index contributed by atoms with van der Waals surface area (Å²) in [5, 5.41) is 5.99. The van der Waals surface area contributed by atoms with Crippen LogP contribution in [-0.4, -0.2) is 26.8 Å². The van der Waals surface area contributed by atoms with Gasteiger partial charge in [-0.3, -0.25) is 0 Å². The van der Waals surface area contributed by atoms with E-state index in [1.54, 1.807) is 7.11 Å². The van der Waals surface area contributed by atoms with Crippen molar-refractivity contribution in [3.8, 4) is 0 Å². The molecule has 106 valence electrons. The van der Waals surface area contributed by atoms with Crippen molar-refractivity contribution in [2.24, 2.45) is 0 Å². The lowest BCUT2D eigenvalue weighted by Gasteiger charge is -2.07. The Labute approximate surface area is 121 Å². The van der Waals surface area contributed by atoms with Crippen LogP contribution in [0.5, 0.6) is 0 Å². The van der Waals surface area contributed by atoms with Crippen LogP contribution >= 0.6 is 0 Å². The van der Waals surface area contributed by atoms with Gasteiger partial charge in [-0.25, -0.2) is 0 Å². The predicted octanol–water partition coefficient (Wildman–Crippen LogP) is 3.87. The summed E-state index contributed by atoms with van der Waals surface area (Å²) in [7, 11) is 1.73.